The van der Waals surface area contributed by atoms with E-state index in [2.05, 4.69) is 0 Å². The van der Waals surface area contributed by atoms with Crippen molar-refractivity contribution in [3.05, 3.63) is 94.2 Å². The maximum atomic E-state index is 12.8. The highest BCUT2D eigenvalue weighted by molar-refractivity contribution is 7.08. The van der Waals surface area contributed by atoms with Gasteiger partial charge in [0, 0.05) is 16.5 Å². The Labute approximate surface area is 138 Å². The van der Waals surface area contributed by atoms with Crippen molar-refractivity contribution in [3.8, 4) is 0 Å². The number of carbonyl (C=O) groups is 2. The summed E-state index contributed by atoms with van der Waals surface area (Å²) in [5, 5.41) is 3.50. The van der Waals surface area contributed by atoms with Crippen molar-refractivity contribution in [1.82, 2.24) is 0 Å². The lowest BCUT2D eigenvalue weighted by Crippen LogP contribution is -2.20. The number of thiophene rings is 1. The molecule has 2 aromatic carbocycles. The molecular formula is C19H14O3S. The zero-order chi connectivity index (χ0) is 16.1. The van der Waals surface area contributed by atoms with E-state index in [1.807, 2.05) is 24.3 Å². The lowest BCUT2D eigenvalue weighted by molar-refractivity contribution is 0.0280. The number of benzene rings is 2. The van der Waals surface area contributed by atoms with Crippen molar-refractivity contribution in [2.45, 2.75) is 6.10 Å². The second-order valence-electron chi connectivity index (χ2n) is 4.94. The molecule has 0 aliphatic carbocycles. The highest BCUT2D eigenvalue weighted by Crippen LogP contribution is 2.24. The molecule has 23 heavy (non-hydrogen) atoms. The first-order valence-corrected chi connectivity index (χ1v) is 8.07. The molecule has 4 heteroatoms. The van der Waals surface area contributed by atoms with Gasteiger partial charge in [-0.25, -0.2) is 4.79 Å². The van der Waals surface area contributed by atoms with Crippen LogP contribution in [0.2, 0.25) is 0 Å². The zero-order valence-electron chi connectivity index (χ0n) is 12.2. The minimum Gasteiger partial charge on any atom is -0.445 e. The summed E-state index contributed by atoms with van der Waals surface area (Å²) in [6.07, 6.45) is -0.953. The van der Waals surface area contributed by atoms with Crippen LogP contribution in [0.3, 0.4) is 0 Å². The van der Waals surface area contributed by atoms with E-state index in [0.29, 0.717) is 16.7 Å². The number of ether oxygens (including phenoxy) is 1. The van der Waals surface area contributed by atoms with Gasteiger partial charge in [0.2, 0.25) is 5.78 Å². The maximum Gasteiger partial charge on any atom is 0.340 e. The third kappa shape index (κ3) is 3.55. The fraction of sp³-hybridized carbons (Fsp3) is 0.0526. The van der Waals surface area contributed by atoms with E-state index in [4.69, 9.17) is 4.74 Å². The van der Waals surface area contributed by atoms with Gasteiger partial charge in [-0.3, -0.25) is 4.79 Å². The Hall–Kier alpha value is -2.72. The average molecular weight is 322 g/mol. The molecule has 0 saturated heterocycles. The molecule has 0 spiro atoms. The van der Waals surface area contributed by atoms with Gasteiger partial charge in [-0.15, -0.1) is 0 Å². The smallest absolute Gasteiger partial charge is 0.340 e. The molecule has 0 fully saturated rings. The van der Waals surface area contributed by atoms with E-state index in [1.165, 1.54) is 11.3 Å². The predicted molar refractivity (Wildman–Crippen MR) is 89.7 cm³/mol. The number of hydrogen-bond acceptors (Lipinski definition) is 4. The second-order valence-corrected chi connectivity index (χ2v) is 5.72. The van der Waals surface area contributed by atoms with Crippen LogP contribution in [0.1, 0.15) is 32.4 Å². The van der Waals surface area contributed by atoms with Crippen LogP contribution in [0.5, 0.6) is 0 Å². The van der Waals surface area contributed by atoms with Gasteiger partial charge in [0.1, 0.15) is 0 Å². The fourth-order valence-electron chi connectivity index (χ4n) is 2.21. The van der Waals surface area contributed by atoms with Crippen molar-refractivity contribution >= 4 is 23.1 Å². The monoisotopic (exact) mass is 322 g/mol. The normalized spacial score (nSPS) is 11.7. The number of ketones is 1. The van der Waals surface area contributed by atoms with E-state index in [9.17, 15) is 9.59 Å². The second kappa shape index (κ2) is 7.03. The standard InChI is InChI=1S/C19H14O3S/c20-17(14-7-3-1-4-8-14)18(15-9-5-2-6-10-15)22-19(21)16-11-12-23-13-16/h1-13,18H. The first kappa shape index (κ1) is 15.2. The molecule has 1 atom stereocenters. The summed E-state index contributed by atoms with van der Waals surface area (Å²) in [6, 6.07) is 19.6. The molecular weight excluding hydrogens is 308 g/mol. The molecule has 1 aromatic heterocycles. The molecule has 0 aliphatic rings. The fourth-order valence-corrected chi connectivity index (χ4v) is 2.84. The molecule has 0 saturated carbocycles. The van der Waals surface area contributed by atoms with Crippen LogP contribution in [0.15, 0.2) is 77.5 Å². The van der Waals surface area contributed by atoms with Crippen molar-refractivity contribution in [3.63, 3.8) is 0 Å². The Balaban J connectivity index is 1.91. The van der Waals surface area contributed by atoms with Crippen molar-refractivity contribution < 1.29 is 14.3 Å². The molecule has 114 valence electrons. The third-order valence-electron chi connectivity index (χ3n) is 3.38. The van der Waals surface area contributed by atoms with E-state index >= 15 is 0 Å². The first-order valence-electron chi connectivity index (χ1n) is 7.13. The van der Waals surface area contributed by atoms with Crippen LogP contribution in [-0.2, 0) is 4.74 Å². The molecule has 0 aliphatic heterocycles. The molecule has 1 unspecified atom stereocenters. The van der Waals surface area contributed by atoms with E-state index in [-0.39, 0.29) is 5.78 Å². The summed E-state index contributed by atoms with van der Waals surface area (Å²) >= 11 is 1.41. The molecule has 0 amide bonds. The first-order chi connectivity index (χ1) is 11.3. The Bertz CT molecular complexity index is 780. The largest absolute Gasteiger partial charge is 0.445 e. The molecule has 3 rings (SSSR count). The van der Waals surface area contributed by atoms with Crippen LogP contribution in [-0.4, -0.2) is 11.8 Å². The number of hydrogen-bond donors (Lipinski definition) is 0. The molecule has 3 nitrogen and oxygen atoms in total. The molecule has 1 heterocycles. The van der Waals surface area contributed by atoms with Crippen LogP contribution in [0.4, 0.5) is 0 Å². The van der Waals surface area contributed by atoms with E-state index in [1.54, 1.807) is 53.2 Å². The lowest BCUT2D eigenvalue weighted by atomic mass is 10.00. The van der Waals surface area contributed by atoms with Gasteiger partial charge < -0.3 is 4.74 Å². The minimum absolute atomic E-state index is 0.236. The molecule has 0 N–H and O–H groups in total. The summed E-state index contributed by atoms with van der Waals surface area (Å²) < 4.78 is 5.52. The van der Waals surface area contributed by atoms with Gasteiger partial charge in [-0.05, 0) is 11.4 Å². The Morgan fingerprint density at radius 3 is 2.09 bits per heavy atom. The summed E-state index contributed by atoms with van der Waals surface area (Å²) in [6.45, 7) is 0. The Kier molecular flexibility index (Phi) is 4.64. The van der Waals surface area contributed by atoms with Crippen molar-refractivity contribution in [2.75, 3.05) is 0 Å². The Morgan fingerprint density at radius 1 is 0.826 bits per heavy atom. The van der Waals surface area contributed by atoms with E-state index < -0.39 is 12.1 Å². The van der Waals surface area contributed by atoms with Crippen LogP contribution >= 0.6 is 11.3 Å². The van der Waals surface area contributed by atoms with Crippen molar-refractivity contribution in [2.24, 2.45) is 0 Å². The zero-order valence-corrected chi connectivity index (χ0v) is 13.0. The van der Waals surface area contributed by atoms with E-state index in [0.717, 1.165) is 0 Å². The lowest BCUT2D eigenvalue weighted by Gasteiger charge is -2.17. The van der Waals surface area contributed by atoms with Gasteiger partial charge in [-0.1, -0.05) is 60.7 Å². The minimum atomic E-state index is -0.953. The third-order valence-corrected chi connectivity index (χ3v) is 4.06. The average Bonchev–Trinajstić information content (AvgIpc) is 3.15. The Morgan fingerprint density at radius 2 is 1.48 bits per heavy atom. The predicted octanol–water partition coefficient (Wildman–Crippen LogP) is 4.53. The summed E-state index contributed by atoms with van der Waals surface area (Å²) in [5.41, 5.74) is 1.63. The number of esters is 1. The molecule has 0 bridgehead atoms. The number of carbonyl (C=O) groups excluding carboxylic acids is 2. The summed E-state index contributed by atoms with van der Waals surface area (Å²) in [4.78, 5) is 25.0. The van der Waals surface area contributed by atoms with Gasteiger partial charge in [0.25, 0.3) is 0 Å². The summed E-state index contributed by atoms with van der Waals surface area (Å²) in [7, 11) is 0. The number of rotatable bonds is 5. The topological polar surface area (TPSA) is 43.4 Å². The highest BCUT2D eigenvalue weighted by atomic mass is 32.1. The highest BCUT2D eigenvalue weighted by Gasteiger charge is 2.26. The van der Waals surface area contributed by atoms with Crippen LogP contribution < -0.4 is 0 Å². The van der Waals surface area contributed by atoms with Gasteiger partial charge in [0.05, 0.1) is 5.56 Å². The van der Waals surface area contributed by atoms with Crippen LogP contribution in [0.25, 0.3) is 0 Å². The van der Waals surface area contributed by atoms with Crippen molar-refractivity contribution in [1.29, 1.82) is 0 Å². The maximum absolute atomic E-state index is 12.8. The quantitative estimate of drug-likeness (QED) is 0.512. The summed E-state index contributed by atoms with van der Waals surface area (Å²) in [5.74, 6) is -0.732. The van der Waals surface area contributed by atoms with Gasteiger partial charge >= 0.3 is 5.97 Å². The van der Waals surface area contributed by atoms with Gasteiger partial charge in [-0.2, -0.15) is 11.3 Å². The molecule has 3 aromatic rings. The number of Topliss-reactive ketones (excluding diaryl/α,β-unsaturated/α-hetero) is 1. The van der Waals surface area contributed by atoms with Gasteiger partial charge in [0.15, 0.2) is 6.10 Å². The van der Waals surface area contributed by atoms with Crippen LogP contribution in [0, 0.1) is 0 Å². The molecule has 0 radical (unpaired) electrons. The SMILES string of the molecule is O=C(OC(C(=O)c1ccccc1)c1ccccc1)c1ccsc1.